The lowest BCUT2D eigenvalue weighted by Crippen LogP contribution is -2.35. The molecule has 2 N–H and O–H groups in total. The topological polar surface area (TPSA) is 66.4 Å². The van der Waals surface area contributed by atoms with Crippen LogP contribution in [0.4, 0.5) is 0 Å². The van der Waals surface area contributed by atoms with E-state index in [1.54, 1.807) is 11.8 Å². The van der Waals surface area contributed by atoms with Crippen LogP contribution < -0.4 is 5.32 Å². The summed E-state index contributed by atoms with van der Waals surface area (Å²) in [5, 5.41) is 12.1. The third kappa shape index (κ3) is 4.26. The van der Waals surface area contributed by atoms with Crippen molar-refractivity contribution in [1.29, 1.82) is 0 Å². The fraction of sp³-hybridized carbons (Fsp3) is 0.529. The van der Waals surface area contributed by atoms with Crippen molar-refractivity contribution >= 4 is 23.6 Å². The van der Waals surface area contributed by atoms with E-state index in [0.29, 0.717) is 19.4 Å². The molecular weight excluding hydrogens is 298 g/mol. The van der Waals surface area contributed by atoms with Gasteiger partial charge in [-0.2, -0.15) is 0 Å². The van der Waals surface area contributed by atoms with Gasteiger partial charge in [0.25, 0.3) is 0 Å². The maximum atomic E-state index is 12.3. The van der Waals surface area contributed by atoms with Crippen LogP contribution in [0.1, 0.15) is 36.8 Å². The molecule has 120 valence electrons. The molecule has 1 fully saturated rings. The monoisotopic (exact) mass is 321 g/mol. The second-order valence-corrected chi connectivity index (χ2v) is 6.78. The van der Waals surface area contributed by atoms with E-state index < -0.39 is 5.97 Å². The molecule has 1 aromatic carbocycles. The fourth-order valence-corrected chi connectivity index (χ4v) is 3.68. The number of carboxylic acid groups (broad SMARTS) is 1. The lowest BCUT2D eigenvalue weighted by molar-refractivity contribution is -0.144. The van der Waals surface area contributed by atoms with E-state index in [2.05, 4.69) is 18.3 Å². The Hall–Kier alpha value is -1.49. The first kappa shape index (κ1) is 16.9. The molecule has 0 heterocycles. The number of amides is 1. The van der Waals surface area contributed by atoms with Gasteiger partial charge in [0.05, 0.1) is 5.92 Å². The lowest BCUT2D eigenvalue weighted by atomic mass is 9.81. The van der Waals surface area contributed by atoms with Crippen molar-refractivity contribution in [3.8, 4) is 0 Å². The Balaban J connectivity index is 1.94. The van der Waals surface area contributed by atoms with Crippen molar-refractivity contribution in [2.75, 3.05) is 6.26 Å². The van der Waals surface area contributed by atoms with Gasteiger partial charge in [0, 0.05) is 17.4 Å². The summed E-state index contributed by atoms with van der Waals surface area (Å²) in [4.78, 5) is 24.6. The average molecular weight is 321 g/mol. The Morgan fingerprint density at radius 2 is 2.05 bits per heavy atom. The first-order valence-corrected chi connectivity index (χ1v) is 8.87. The summed E-state index contributed by atoms with van der Waals surface area (Å²) >= 11 is 1.67. The van der Waals surface area contributed by atoms with Crippen LogP contribution in [0.15, 0.2) is 23.1 Å². The first-order chi connectivity index (χ1) is 10.5. The van der Waals surface area contributed by atoms with Gasteiger partial charge in [-0.25, -0.2) is 0 Å². The molecule has 2 unspecified atom stereocenters. The van der Waals surface area contributed by atoms with Crippen LogP contribution in [-0.4, -0.2) is 23.2 Å². The molecule has 0 bridgehead atoms. The van der Waals surface area contributed by atoms with Crippen LogP contribution in [-0.2, 0) is 16.1 Å². The molecule has 1 aliphatic carbocycles. The number of nitrogens with one attached hydrogen (secondary N) is 1. The standard InChI is InChI=1S/C17H23NO3S/c1-11-6-7-14(15(8-11)22-2)10-18-16(19)12-4-3-5-13(9-12)17(20)21/h6-8,12-13H,3-5,9-10H2,1-2H3,(H,18,19)(H,20,21). The lowest BCUT2D eigenvalue weighted by Gasteiger charge is -2.25. The molecule has 1 aliphatic rings. The van der Waals surface area contributed by atoms with Crippen molar-refractivity contribution in [2.45, 2.75) is 44.0 Å². The van der Waals surface area contributed by atoms with E-state index in [1.807, 2.05) is 18.4 Å². The van der Waals surface area contributed by atoms with Gasteiger partial charge in [0.1, 0.15) is 0 Å². The van der Waals surface area contributed by atoms with E-state index in [0.717, 1.165) is 18.4 Å². The Kier molecular flexibility index (Phi) is 5.89. The number of aliphatic carboxylic acids is 1. The maximum absolute atomic E-state index is 12.3. The molecule has 0 aliphatic heterocycles. The second kappa shape index (κ2) is 7.68. The molecule has 0 radical (unpaired) electrons. The summed E-state index contributed by atoms with van der Waals surface area (Å²) in [7, 11) is 0. The number of carbonyl (C=O) groups is 2. The van der Waals surface area contributed by atoms with Gasteiger partial charge >= 0.3 is 5.97 Å². The summed E-state index contributed by atoms with van der Waals surface area (Å²) in [6.45, 7) is 2.56. The smallest absolute Gasteiger partial charge is 0.306 e. The highest BCUT2D eigenvalue weighted by Crippen LogP contribution is 2.29. The number of aryl methyl sites for hydroxylation is 1. The minimum absolute atomic E-state index is 0.0152. The van der Waals surface area contributed by atoms with Gasteiger partial charge < -0.3 is 10.4 Å². The molecule has 4 nitrogen and oxygen atoms in total. The molecule has 0 spiro atoms. The maximum Gasteiger partial charge on any atom is 0.306 e. The Bertz CT molecular complexity index is 559. The van der Waals surface area contributed by atoms with E-state index >= 15 is 0 Å². The zero-order chi connectivity index (χ0) is 16.1. The molecule has 2 rings (SSSR count). The highest BCUT2D eigenvalue weighted by molar-refractivity contribution is 7.98. The SMILES string of the molecule is CSc1cc(C)ccc1CNC(=O)C1CCCC(C(=O)O)C1. The van der Waals surface area contributed by atoms with Crippen LogP contribution >= 0.6 is 11.8 Å². The van der Waals surface area contributed by atoms with Crippen molar-refractivity contribution in [3.63, 3.8) is 0 Å². The Morgan fingerprint density at radius 3 is 2.73 bits per heavy atom. The van der Waals surface area contributed by atoms with Crippen LogP contribution in [0.2, 0.25) is 0 Å². The number of carboxylic acids is 1. The largest absolute Gasteiger partial charge is 0.481 e. The van der Waals surface area contributed by atoms with Gasteiger partial charge in [0.2, 0.25) is 5.91 Å². The molecule has 0 aromatic heterocycles. The number of benzene rings is 1. The quantitative estimate of drug-likeness (QED) is 0.817. The van der Waals surface area contributed by atoms with Gasteiger partial charge in [-0.1, -0.05) is 18.6 Å². The van der Waals surface area contributed by atoms with Crippen LogP contribution in [0.25, 0.3) is 0 Å². The normalized spacial score (nSPS) is 21.4. The van der Waals surface area contributed by atoms with Crippen LogP contribution in [0.3, 0.4) is 0 Å². The van der Waals surface area contributed by atoms with E-state index in [-0.39, 0.29) is 17.7 Å². The number of carbonyl (C=O) groups excluding carboxylic acids is 1. The third-order valence-electron chi connectivity index (χ3n) is 4.29. The number of hydrogen-bond donors (Lipinski definition) is 2. The van der Waals surface area contributed by atoms with Crippen LogP contribution in [0.5, 0.6) is 0 Å². The summed E-state index contributed by atoms with van der Waals surface area (Å²) in [6.07, 6.45) is 4.78. The summed E-state index contributed by atoms with van der Waals surface area (Å²) in [6, 6.07) is 6.21. The van der Waals surface area contributed by atoms with Crippen LogP contribution in [0, 0.1) is 18.8 Å². The highest BCUT2D eigenvalue weighted by atomic mass is 32.2. The number of hydrogen-bond acceptors (Lipinski definition) is 3. The molecule has 1 saturated carbocycles. The van der Waals surface area contributed by atoms with E-state index in [4.69, 9.17) is 5.11 Å². The predicted octanol–water partition coefficient (Wildman–Crippen LogP) is 3.22. The average Bonchev–Trinajstić information content (AvgIpc) is 2.53. The summed E-state index contributed by atoms with van der Waals surface area (Å²) in [5.41, 5.74) is 2.31. The van der Waals surface area contributed by atoms with Crippen molar-refractivity contribution in [3.05, 3.63) is 29.3 Å². The van der Waals surface area contributed by atoms with Gasteiger partial charge in [-0.3, -0.25) is 9.59 Å². The Morgan fingerprint density at radius 1 is 1.32 bits per heavy atom. The van der Waals surface area contributed by atoms with Gasteiger partial charge in [0.15, 0.2) is 0 Å². The van der Waals surface area contributed by atoms with Gasteiger partial charge in [-0.15, -0.1) is 11.8 Å². The Labute approximate surface area is 135 Å². The summed E-state index contributed by atoms with van der Waals surface area (Å²) in [5.74, 6) is -1.33. The second-order valence-electron chi connectivity index (χ2n) is 5.93. The minimum atomic E-state index is -0.777. The number of rotatable bonds is 5. The van der Waals surface area contributed by atoms with Gasteiger partial charge in [-0.05, 0) is 49.6 Å². The fourth-order valence-electron chi connectivity index (χ4n) is 2.98. The molecule has 5 heteroatoms. The molecule has 1 amide bonds. The zero-order valence-corrected chi connectivity index (χ0v) is 13.9. The van der Waals surface area contributed by atoms with Crippen molar-refractivity contribution in [1.82, 2.24) is 5.32 Å². The first-order valence-electron chi connectivity index (χ1n) is 7.65. The molecule has 0 saturated heterocycles. The van der Waals surface area contributed by atoms with E-state index in [9.17, 15) is 9.59 Å². The van der Waals surface area contributed by atoms with E-state index in [1.165, 1.54) is 10.5 Å². The molecule has 2 atom stereocenters. The zero-order valence-electron chi connectivity index (χ0n) is 13.1. The molecular formula is C17H23NO3S. The van der Waals surface area contributed by atoms with Crippen molar-refractivity contribution in [2.24, 2.45) is 11.8 Å². The molecule has 1 aromatic rings. The highest BCUT2D eigenvalue weighted by Gasteiger charge is 2.30. The predicted molar refractivity (Wildman–Crippen MR) is 87.9 cm³/mol. The number of thioether (sulfide) groups is 1. The molecule has 22 heavy (non-hydrogen) atoms. The third-order valence-corrected chi connectivity index (χ3v) is 5.11. The minimum Gasteiger partial charge on any atom is -0.481 e. The van der Waals surface area contributed by atoms with Crippen molar-refractivity contribution < 1.29 is 14.7 Å². The summed E-state index contributed by atoms with van der Waals surface area (Å²) < 4.78 is 0.